The van der Waals surface area contributed by atoms with Crippen molar-refractivity contribution in [1.82, 2.24) is 15.2 Å². The summed E-state index contributed by atoms with van der Waals surface area (Å²) >= 11 is 0. The molecule has 1 atom stereocenters. The van der Waals surface area contributed by atoms with Crippen molar-refractivity contribution >= 4 is 23.0 Å². The van der Waals surface area contributed by atoms with Crippen molar-refractivity contribution in [3.8, 4) is 6.07 Å². The van der Waals surface area contributed by atoms with E-state index in [1.807, 2.05) is 31.3 Å². The SMILES string of the molecule is CN1CCC(C#N)(NC(=O)C(CC2CCCCC2)Nc2nc3ccccc3o2)CC1. The highest BCUT2D eigenvalue weighted by Crippen LogP contribution is 2.29. The molecule has 160 valence electrons. The number of oxazole rings is 1. The van der Waals surface area contributed by atoms with Crippen LogP contribution in [0.25, 0.3) is 11.1 Å². The number of nitrogens with zero attached hydrogens (tertiary/aromatic N) is 3. The molecule has 2 aromatic rings. The van der Waals surface area contributed by atoms with Gasteiger partial charge in [0.25, 0.3) is 6.01 Å². The maximum absolute atomic E-state index is 13.3. The Hall–Kier alpha value is -2.59. The first-order chi connectivity index (χ1) is 14.6. The minimum absolute atomic E-state index is 0.131. The molecule has 7 heteroatoms. The number of fused-ring (bicyclic) bond motifs is 1. The van der Waals surface area contributed by atoms with Crippen LogP contribution in [0.5, 0.6) is 0 Å². The van der Waals surface area contributed by atoms with E-state index in [4.69, 9.17) is 4.42 Å². The van der Waals surface area contributed by atoms with E-state index < -0.39 is 11.6 Å². The number of benzene rings is 1. The fourth-order valence-electron chi connectivity index (χ4n) is 4.66. The molecule has 2 aliphatic rings. The number of hydrogen-bond donors (Lipinski definition) is 2. The molecule has 1 saturated carbocycles. The molecule has 1 aliphatic carbocycles. The number of likely N-dealkylation sites (tertiary alicyclic amines) is 1. The Kier molecular flexibility index (Phi) is 6.24. The molecule has 4 rings (SSSR count). The van der Waals surface area contributed by atoms with Crippen molar-refractivity contribution in [1.29, 1.82) is 5.26 Å². The number of carbonyl (C=O) groups excluding carboxylic acids is 1. The molecule has 30 heavy (non-hydrogen) atoms. The average Bonchev–Trinajstić information content (AvgIpc) is 3.18. The lowest BCUT2D eigenvalue weighted by Gasteiger charge is -2.37. The Bertz CT molecular complexity index is 871. The number of anilines is 1. The summed E-state index contributed by atoms with van der Waals surface area (Å²) in [6.45, 7) is 1.61. The number of amides is 1. The molecular formula is C23H31N5O2. The molecule has 0 spiro atoms. The third kappa shape index (κ3) is 4.76. The van der Waals surface area contributed by atoms with Gasteiger partial charge < -0.3 is 20.0 Å². The summed E-state index contributed by atoms with van der Waals surface area (Å²) < 4.78 is 5.82. The lowest BCUT2D eigenvalue weighted by molar-refractivity contribution is -0.124. The average molecular weight is 410 g/mol. The summed E-state index contributed by atoms with van der Waals surface area (Å²) in [6.07, 6.45) is 8.02. The standard InChI is InChI=1S/C23H31N5O2/c1-28-13-11-23(16-24,12-14-28)27-21(29)19(15-17-7-3-2-4-8-17)26-22-25-18-9-5-6-10-20(18)30-22/h5-6,9-10,17,19H,2-4,7-8,11-15H2,1H3,(H,25,26)(H,27,29). The van der Waals surface area contributed by atoms with Gasteiger partial charge in [0, 0.05) is 13.1 Å². The molecular weight excluding hydrogens is 378 g/mol. The van der Waals surface area contributed by atoms with Gasteiger partial charge in [0.2, 0.25) is 5.91 Å². The maximum Gasteiger partial charge on any atom is 0.296 e. The van der Waals surface area contributed by atoms with E-state index >= 15 is 0 Å². The van der Waals surface area contributed by atoms with Crippen molar-refractivity contribution in [3.63, 3.8) is 0 Å². The van der Waals surface area contributed by atoms with Crippen LogP contribution >= 0.6 is 0 Å². The van der Waals surface area contributed by atoms with Gasteiger partial charge in [0.1, 0.15) is 17.1 Å². The topological polar surface area (TPSA) is 94.2 Å². The van der Waals surface area contributed by atoms with Crippen molar-refractivity contribution in [2.45, 2.75) is 62.9 Å². The summed E-state index contributed by atoms with van der Waals surface area (Å²) in [5.74, 6) is 0.371. The fraction of sp³-hybridized carbons (Fsp3) is 0.609. The third-order valence-electron chi connectivity index (χ3n) is 6.62. The molecule has 1 aromatic heterocycles. The Morgan fingerprint density at radius 2 is 2.03 bits per heavy atom. The van der Waals surface area contributed by atoms with Gasteiger partial charge in [-0.1, -0.05) is 44.2 Å². The molecule has 2 fully saturated rings. The lowest BCUT2D eigenvalue weighted by Crippen LogP contribution is -2.57. The molecule has 0 radical (unpaired) electrons. The fourth-order valence-corrected chi connectivity index (χ4v) is 4.66. The molecule has 2 heterocycles. The maximum atomic E-state index is 13.3. The zero-order valence-corrected chi connectivity index (χ0v) is 17.7. The lowest BCUT2D eigenvalue weighted by atomic mass is 9.84. The number of aromatic nitrogens is 1. The first kappa shape index (κ1) is 20.7. The Morgan fingerprint density at radius 1 is 1.30 bits per heavy atom. The Balaban J connectivity index is 1.51. The second-order valence-corrected chi connectivity index (χ2v) is 8.91. The minimum atomic E-state index is -0.794. The second kappa shape index (κ2) is 9.05. The Labute approximate surface area is 177 Å². The van der Waals surface area contributed by atoms with Gasteiger partial charge in [-0.15, -0.1) is 0 Å². The summed E-state index contributed by atoms with van der Waals surface area (Å²) in [6, 6.07) is 9.86. The second-order valence-electron chi connectivity index (χ2n) is 8.91. The van der Waals surface area contributed by atoms with Crippen LogP contribution in [0.15, 0.2) is 28.7 Å². The summed E-state index contributed by atoms with van der Waals surface area (Å²) in [7, 11) is 2.05. The largest absolute Gasteiger partial charge is 0.424 e. The summed E-state index contributed by atoms with van der Waals surface area (Å²) in [5, 5.41) is 16.2. The number of rotatable bonds is 6. The van der Waals surface area contributed by atoms with Crippen LogP contribution in [0.1, 0.15) is 51.4 Å². The van der Waals surface area contributed by atoms with Crippen molar-refractivity contribution in [2.24, 2.45) is 5.92 Å². The quantitative estimate of drug-likeness (QED) is 0.756. The zero-order valence-electron chi connectivity index (χ0n) is 17.7. The van der Waals surface area contributed by atoms with Gasteiger partial charge in [-0.3, -0.25) is 4.79 Å². The number of carbonyl (C=O) groups is 1. The van der Waals surface area contributed by atoms with Crippen LogP contribution in [0.2, 0.25) is 0 Å². The van der Waals surface area contributed by atoms with E-state index in [1.54, 1.807) is 0 Å². The van der Waals surface area contributed by atoms with Crippen LogP contribution in [0.3, 0.4) is 0 Å². The van der Waals surface area contributed by atoms with Crippen molar-refractivity contribution < 1.29 is 9.21 Å². The molecule has 1 saturated heterocycles. The smallest absolute Gasteiger partial charge is 0.296 e. The van der Waals surface area contributed by atoms with E-state index in [0.29, 0.717) is 30.4 Å². The van der Waals surface area contributed by atoms with E-state index in [1.165, 1.54) is 19.3 Å². The molecule has 1 amide bonds. The number of nitrogens with one attached hydrogen (secondary N) is 2. The van der Waals surface area contributed by atoms with Crippen LogP contribution in [-0.4, -0.2) is 47.5 Å². The molecule has 1 aliphatic heterocycles. The van der Waals surface area contributed by atoms with Crippen molar-refractivity contribution in [3.05, 3.63) is 24.3 Å². The number of hydrogen-bond acceptors (Lipinski definition) is 6. The van der Waals surface area contributed by atoms with Gasteiger partial charge >= 0.3 is 0 Å². The highest BCUT2D eigenvalue weighted by Gasteiger charge is 2.37. The van der Waals surface area contributed by atoms with E-state index in [9.17, 15) is 10.1 Å². The molecule has 2 N–H and O–H groups in total. The molecule has 0 bridgehead atoms. The number of para-hydroxylation sites is 2. The minimum Gasteiger partial charge on any atom is -0.424 e. The van der Waals surface area contributed by atoms with Crippen LogP contribution in [0.4, 0.5) is 6.01 Å². The first-order valence-corrected chi connectivity index (χ1v) is 11.1. The van der Waals surface area contributed by atoms with Crippen LogP contribution in [0, 0.1) is 17.2 Å². The van der Waals surface area contributed by atoms with E-state index in [-0.39, 0.29) is 5.91 Å². The summed E-state index contributed by atoms with van der Waals surface area (Å²) in [5.41, 5.74) is 0.665. The van der Waals surface area contributed by atoms with E-state index in [0.717, 1.165) is 37.9 Å². The highest BCUT2D eigenvalue weighted by atomic mass is 16.4. The van der Waals surface area contributed by atoms with Gasteiger partial charge in [-0.05, 0) is 44.4 Å². The normalized spacial score (nSPS) is 21.1. The highest BCUT2D eigenvalue weighted by molar-refractivity contribution is 5.85. The molecule has 1 unspecified atom stereocenters. The first-order valence-electron chi connectivity index (χ1n) is 11.1. The monoisotopic (exact) mass is 409 g/mol. The predicted molar refractivity (Wildman–Crippen MR) is 116 cm³/mol. The third-order valence-corrected chi connectivity index (χ3v) is 6.62. The molecule has 1 aromatic carbocycles. The predicted octanol–water partition coefficient (Wildman–Crippen LogP) is 3.68. The van der Waals surface area contributed by atoms with Gasteiger partial charge in [-0.25, -0.2) is 0 Å². The number of piperidine rings is 1. The zero-order chi connectivity index (χ0) is 21.0. The number of nitriles is 1. The molecule has 7 nitrogen and oxygen atoms in total. The summed E-state index contributed by atoms with van der Waals surface area (Å²) in [4.78, 5) is 20.0. The van der Waals surface area contributed by atoms with Crippen LogP contribution in [-0.2, 0) is 4.79 Å². The van der Waals surface area contributed by atoms with Gasteiger partial charge in [-0.2, -0.15) is 10.2 Å². The van der Waals surface area contributed by atoms with Gasteiger partial charge in [0.15, 0.2) is 5.58 Å². The Morgan fingerprint density at radius 3 is 2.73 bits per heavy atom. The van der Waals surface area contributed by atoms with E-state index in [2.05, 4.69) is 26.6 Å². The van der Waals surface area contributed by atoms with Gasteiger partial charge in [0.05, 0.1) is 6.07 Å². The van der Waals surface area contributed by atoms with Crippen LogP contribution < -0.4 is 10.6 Å². The van der Waals surface area contributed by atoms with Crippen molar-refractivity contribution in [2.75, 3.05) is 25.5 Å².